The number of hydrogen-bond acceptors (Lipinski definition) is 4. The summed E-state index contributed by atoms with van der Waals surface area (Å²) in [6, 6.07) is 0.344. The number of nitrogens with zero attached hydrogens (tertiary/aromatic N) is 1. The van der Waals surface area contributed by atoms with Crippen LogP contribution in [0.5, 0.6) is 0 Å². The number of ether oxygens (including phenoxy) is 1. The zero-order chi connectivity index (χ0) is 11.5. The summed E-state index contributed by atoms with van der Waals surface area (Å²) in [5.74, 6) is 0.235. The molecule has 1 amide bonds. The minimum atomic E-state index is -0.327. The van der Waals surface area contributed by atoms with Gasteiger partial charge in [-0.05, 0) is 26.3 Å². The highest BCUT2D eigenvalue weighted by molar-refractivity contribution is 5.76. The maximum Gasteiger partial charge on any atom is 0.407 e. The predicted molar refractivity (Wildman–Crippen MR) is 58.2 cm³/mol. The number of likely N-dealkylation sites (tertiary alicyclic amines) is 1. The van der Waals surface area contributed by atoms with E-state index in [0.717, 1.165) is 25.9 Å². The molecular formula is C11H18N2O3. The molecule has 5 heteroatoms. The second-order valence-corrected chi connectivity index (χ2v) is 4.61. The lowest BCUT2D eigenvalue weighted by molar-refractivity contribution is -0.118. The van der Waals surface area contributed by atoms with Crippen molar-refractivity contribution < 1.29 is 14.3 Å². The van der Waals surface area contributed by atoms with Crippen LogP contribution in [-0.2, 0) is 9.53 Å². The third kappa shape index (κ3) is 2.72. The van der Waals surface area contributed by atoms with E-state index in [1.165, 1.54) is 0 Å². The smallest absolute Gasteiger partial charge is 0.407 e. The van der Waals surface area contributed by atoms with Crippen LogP contribution in [0, 0.1) is 0 Å². The third-order valence-electron chi connectivity index (χ3n) is 3.21. The van der Waals surface area contributed by atoms with Crippen LogP contribution in [0.15, 0.2) is 0 Å². The summed E-state index contributed by atoms with van der Waals surface area (Å²) in [5.41, 5.74) is 0. The molecule has 0 bridgehead atoms. The standard InChI is InChI=1S/C11H18N2O3/c1-8(14)5-9-3-2-4-13(9)7-10-6-12-11(15)16-10/h9-10H,2-7H2,1H3,(H,12,15). The summed E-state index contributed by atoms with van der Waals surface area (Å²) >= 11 is 0. The molecule has 0 radical (unpaired) electrons. The average molecular weight is 226 g/mol. The first kappa shape index (κ1) is 11.4. The van der Waals surface area contributed by atoms with E-state index in [9.17, 15) is 9.59 Å². The van der Waals surface area contributed by atoms with Crippen LogP contribution < -0.4 is 5.32 Å². The maximum atomic E-state index is 11.1. The molecular weight excluding hydrogens is 208 g/mol. The summed E-state index contributed by atoms with van der Waals surface area (Å²) in [7, 11) is 0. The van der Waals surface area contributed by atoms with Gasteiger partial charge in [-0.3, -0.25) is 9.69 Å². The average Bonchev–Trinajstić information content (AvgIpc) is 2.77. The molecule has 2 aliphatic heterocycles. The fourth-order valence-corrected chi connectivity index (χ4v) is 2.49. The molecule has 5 nitrogen and oxygen atoms in total. The lowest BCUT2D eigenvalue weighted by atomic mass is 10.1. The summed E-state index contributed by atoms with van der Waals surface area (Å²) < 4.78 is 5.10. The lowest BCUT2D eigenvalue weighted by Gasteiger charge is -2.25. The van der Waals surface area contributed by atoms with Gasteiger partial charge in [-0.1, -0.05) is 0 Å². The van der Waals surface area contributed by atoms with E-state index in [2.05, 4.69) is 10.2 Å². The van der Waals surface area contributed by atoms with Crippen molar-refractivity contribution in [3.63, 3.8) is 0 Å². The van der Waals surface area contributed by atoms with E-state index >= 15 is 0 Å². The molecule has 0 aromatic rings. The number of ketones is 1. The molecule has 0 aromatic heterocycles. The molecule has 2 saturated heterocycles. The normalized spacial score (nSPS) is 30.2. The first-order valence-corrected chi connectivity index (χ1v) is 5.83. The van der Waals surface area contributed by atoms with Gasteiger partial charge in [0.05, 0.1) is 6.54 Å². The first-order chi connectivity index (χ1) is 7.65. The molecule has 1 N–H and O–H groups in total. The molecule has 90 valence electrons. The number of Topliss-reactive ketones (excluding diaryl/α,β-unsaturated/α-hetero) is 1. The third-order valence-corrected chi connectivity index (χ3v) is 3.21. The highest BCUT2D eigenvalue weighted by atomic mass is 16.6. The number of hydrogen-bond donors (Lipinski definition) is 1. The highest BCUT2D eigenvalue weighted by Gasteiger charge is 2.31. The number of carbonyl (C=O) groups excluding carboxylic acids is 2. The molecule has 2 atom stereocenters. The SMILES string of the molecule is CC(=O)CC1CCCN1CC1CNC(=O)O1. The second-order valence-electron chi connectivity index (χ2n) is 4.61. The van der Waals surface area contributed by atoms with Crippen LogP contribution in [0.1, 0.15) is 26.2 Å². The minimum absolute atomic E-state index is 0.0555. The number of alkyl carbamates (subject to hydrolysis) is 1. The van der Waals surface area contributed by atoms with Crippen molar-refractivity contribution in [1.29, 1.82) is 0 Å². The minimum Gasteiger partial charge on any atom is -0.443 e. The Labute approximate surface area is 95.1 Å². The van der Waals surface area contributed by atoms with Gasteiger partial charge in [0.25, 0.3) is 0 Å². The van der Waals surface area contributed by atoms with E-state index in [0.29, 0.717) is 19.0 Å². The van der Waals surface area contributed by atoms with Gasteiger partial charge in [-0.15, -0.1) is 0 Å². The predicted octanol–water partition coefficient (Wildman–Crippen LogP) is 0.538. The fourth-order valence-electron chi connectivity index (χ4n) is 2.49. The molecule has 2 rings (SSSR count). The largest absolute Gasteiger partial charge is 0.443 e. The molecule has 2 unspecified atom stereocenters. The van der Waals surface area contributed by atoms with Crippen LogP contribution in [0.2, 0.25) is 0 Å². The van der Waals surface area contributed by atoms with Crippen molar-refractivity contribution in [2.24, 2.45) is 0 Å². The van der Waals surface area contributed by atoms with Crippen LogP contribution in [0.4, 0.5) is 4.79 Å². The van der Waals surface area contributed by atoms with E-state index in [1.807, 2.05) is 0 Å². The van der Waals surface area contributed by atoms with Crippen molar-refractivity contribution >= 4 is 11.9 Å². The highest BCUT2D eigenvalue weighted by Crippen LogP contribution is 2.21. The molecule has 0 aromatic carbocycles. The Bertz CT molecular complexity index is 293. The van der Waals surface area contributed by atoms with Gasteiger partial charge in [0.2, 0.25) is 0 Å². The second kappa shape index (κ2) is 4.82. The van der Waals surface area contributed by atoms with E-state index in [1.54, 1.807) is 6.92 Å². The van der Waals surface area contributed by atoms with Gasteiger partial charge in [0.1, 0.15) is 11.9 Å². The summed E-state index contributed by atoms with van der Waals surface area (Å²) in [5, 5.41) is 2.64. The van der Waals surface area contributed by atoms with Crippen LogP contribution in [-0.4, -0.2) is 48.6 Å². The van der Waals surface area contributed by atoms with Gasteiger partial charge in [0.15, 0.2) is 0 Å². The molecule has 2 aliphatic rings. The van der Waals surface area contributed by atoms with Crippen molar-refractivity contribution in [2.75, 3.05) is 19.6 Å². The maximum absolute atomic E-state index is 11.1. The molecule has 0 saturated carbocycles. The zero-order valence-electron chi connectivity index (χ0n) is 9.57. The molecule has 0 aliphatic carbocycles. The van der Waals surface area contributed by atoms with Gasteiger partial charge >= 0.3 is 6.09 Å². The number of nitrogens with one attached hydrogen (secondary N) is 1. The molecule has 16 heavy (non-hydrogen) atoms. The van der Waals surface area contributed by atoms with Gasteiger partial charge in [-0.2, -0.15) is 0 Å². The fraction of sp³-hybridized carbons (Fsp3) is 0.818. The number of carbonyl (C=O) groups is 2. The van der Waals surface area contributed by atoms with E-state index < -0.39 is 0 Å². The Morgan fingerprint density at radius 3 is 3.06 bits per heavy atom. The van der Waals surface area contributed by atoms with E-state index in [-0.39, 0.29) is 18.0 Å². The Balaban J connectivity index is 1.83. The van der Waals surface area contributed by atoms with Crippen molar-refractivity contribution in [1.82, 2.24) is 10.2 Å². The molecule has 2 heterocycles. The van der Waals surface area contributed by atoms with Crippen LogP contribution in [0.25, 0.3) is 0 Å². The Hall–Kier alpha value is -1.10. The van der Waals surface area contributed by atoms with Gasteiger partial charge < -0.3 is 10.1 Å². The Morgan fingerprint density at radius 2 is 2.44 bits per heavy atom. The first-order valence-electron chi connectivity index (χ1n) is 5.83. The van der Waals surface area contributed by atoms with Crippen LogP contribution in [0.3, 0.4) is 0 Å². The summed E-state index contributed by atoms with van der Waals surface area (Å²) in [6.45, 7) is 3.97. The quantitative estimate of drug-likeness (QED) is 0.760. The van der Waals surface area contributed by atoms with Crippen molar-refractivity contribution in [3.05, 3.63) is 0 Å². The topological polar surface area (TPSA) is 58.6 Å². The summed E-state index contributed by atoms with van der Waals surface area (Å²) in [4.78, 5) is 24.3. The van der Waals surface area contributed by atoms with Crippen LogP contribution >= 0.6 is 0 Å². The van der Waals surface area contributed by atoms with Gasteiger partial charge in [-0.25, -0.2) is 4.79 Å². The number of amides is 1. The van der Waals surface area contributed by atoms with Crippen molar-refractivity contribution in [3.8, 4) is 0 Å². The zero-order valence-corrected chi connectivity index (χ0v) is 9.57. The Morgan fingerprint density at radius 1 is 1.62 bits per heavy atom. The molecule has 0 spiro atoms. The summed E-state index contributed by atoms with van der Waals surface area (Å²) in [6.07, 6.45) is 2.45. The number of cyclic esters (lactones) is 1. The lowest BCUT2D eigenvalue weighted by Crippen LogP contribution is -2.38. The van der Waals surface area contributed by atoms with Crippen molar-refractivity contribution in [2.45, 2.75) is 38.3 Å². The number of rotatable bonds is 4. The van der Waals surface area contributed by atoms with Gasteiger partial charge in [0, 0.05) is 19.0 Å². The Kier molecular flexibility index (Phi) is 3.43. The monoisotopic (exact) mass is 226 g/mol. The van der Waals surface area contributed by atoms with E-state index in [4.69, 9.17) is 4.74 Å². The molecule has 2 fully saturated rings.